The highest BCUT2D eigenvalue weighted by atomic mass is 35.5. The number of carboxylic acid groups (broad SMARTS) is 1. The average Bonchev–Trinajstić information content (AvgIpc) is 2.71. The van der Waals surface area contributed by atoms with Crippen molar-refractivity contribution in [1.82, 2.24) is 9.62 Å². The third kappa shape index (κ3) is 7.78. The van der Waals surface area contributed by atoms with E-state index in [0.717, 1.165) is 9.87 Å². The predicted molar refractivity (Wildman–Crippen MR) is 115 cm³/mol. The molecule has 1 amide bonds. The van der Waals surface area contributed by atoms with Crippen molar-refractivity contribution in [2.75, 3.05) is 13.1 Å². The molecule has 0 unspecified atom stereocenters. The van der Waals surface area contributed by atoms with E-state index >= 15 is 0 Å². The van der Waals surface area contributed by atoms with Crippen molar-refractivity contribution in [3.63, 3.8) is 0 Å². The maximum absolute atomic E-state index is 13.1. The van der Waals surface area contributed by atoms with Crippen molar-refractivity contribution in [2.45, 2.75) is 37.1 Å². The van der Waals surface area contributed by atoms with Gasteiger partial charge in [-0.15, -0.1) is 0 Å². The quantitative estimate of drug-likeness (QED) is 0.481. The maximum Gasteiger partial charge on any atom is 0.303 e. The van der Waals surface area contributed by atoms with Crippen molar-refractivity contribution in [2.24, 2.45) is 0 Å². The van der Waals surface area contributed by atoms with Gasteiger partial charge in [0.05, 0.1) is 11.4 Å². The van der Waals surface area contributed by atoms with Gasteiger partial charge in [0.1, 0.15) is 0 Å². The first-order valence-corrected chi connectivity index (χ1v) is 11.4. The molecular formula is C21H25ClN2O5S. The Morgan fingerprint density at radius 1 is 0.967 bits per heavy atom. The molecule has 2 aromatic carbocycles. The van der Waals surface area contributed by atoms with Gasteiger partial charge in [0.25, 0.3) is 0 Å². The van der Waals surface area contributed by atoms with Crippen LogP contribution in [0, 0.1) is 0 Å². The summed E-state index contributed by atoms with van der Waals surface area (Å²) in [6.45, 7) is 0.0887. The minimum atomic E-state index is -3.91. The number of unbranched alkanes of at least 4 members (excludes halogenated alkanes) is 2. The van der Waals surface area contributed by atoms with Crippen LogP contribution >= 0.6 is 11.6 Å². The van der Waals surface area contributed by atoms with E-state index in [-0.39, 0.29) is 24.4 Å². The van der Waals surface area contributed by atoms with Crippen LogP contribution in [0.3, 0.4) is 0 Å². The Balaban J connectivity index is 2.03. The van der Waals surface area contributed by atoms with Crippen LogP contribution in [-0.4, -0.2) is 42.8 Å². The number of nitrogens with zero attached hydrogens (tertiary/aromatic N) is 1. The van der Waals surface area contributed by atoms with Crippen LogP contribution in [-0.2, 0) is 26.2 Å². The summed E-state index contributed by atoms with van der Waals surface area (Å²) in [5, 5.41) is 11.8. The first-order chi connectivity index (χ1) is 14.3. The predicted octanol–water partition coefficient (Wildman–Crippen LogP) is 3.29. The fraction of sp³-hybridized carbons (Fsp3) is 0.333. The molecule has 0 aliphatic carbocycles. The second kappa shape index (κ2) is 11.7. The summed E-state index contributed by atoms with van der Waals surface area (Å²) in [6, 6.07) is 14.8. The maximum atomic E-state index is 13.1. The Morgan fingerprint density at radius 3 is 2.27 bits per heavy atom. The summed E-state index contributed by atoms with van der Waals surface area (Å²) in [4.78, 5) is 22.9. The van der Waals surface area contributed by atoms with E-state index in [1.165, 1.54) is 24.3 Å². The molecule has 7 nitrogen and oxygen atoms in total. The number of nitrogens with one attached hydrogen (secondary N) is 1. The fourth-order valence-corrected chi connectivity index (χ4v) is 4.30. The van der Waals surface area contributed by atoms with Crippen molar-refractivity contribution < 1.29 is 23.1 Å². The first-order valence-electron chi connectivity index (χ1n) is 9.57. The number of sulfonamides is 1. The molecule has 0 aliphatic heterocycles. The number of aliphatic carboxylic acids is 1. The first kappa shape index (κ1) is 23.9. The summed E-state index contributed by atoms with van der Waals surface area (Å²) < 4.78 is 27.3. The molecule has 0 spiro atoms. The van der Waals surface area contributed by atoms with Crippen LogP contribution in [0.1, 0.15) is 31.2 Å². The van der Waals surface area contributed by atoms with E-state index in [2.05, 4.69) is 5.32 Å². The largest absolute Gasteiger partial charge is 0.481 e. The van der Waals surface area contributed by atoms with E-state index < -0.39 is 21.9 Å². The molecule has 0 saturated heterocycles. The van der Waals surface area contributed by atoms with Gasteiger partial charge in [-0.05, 0) is 42.7 Å². The van der Waals surface area contributed by atoms with E-state index in [9.17, 15) is 18.0 Å². The van der Waals surface area contributed by atoms with Crippen LogP contribution in [0.15, 0.2) is 59.5 Å². The van der Waals surface area contributed by atoms with Crippen molar-refractivity contribution >= 4 is 33.5 Å². The molecule has 0 aromatic heterocycles. The van der Waals surface area contributed by atoms with Gasteiger partial charge in [0, 0.05) is 24.5 Å². The normalized spacial score (nSPS) is 11.4. The van der Waals surface area contributed by atoms with E-state index in [1.807, 2.05) is 6.07 Å². The molecule has 0 atom stereocenters. The third-order valence-electron chi connectivity index (χ3n) is 4.36. The molecule has 2 rings (SSSR count). The molecular weight excluding hydrogens is 428 g/mol. The number of carbonyl (C=O) groups is 2. The number of carbonyl (C=O) groups excluding carboxylic acids is 1. The van der Waals surface area contributed by atoms with Gasteiger partial charge in [0.15, 0.2) is 0 Å². The molecule has 162 valence electrons. The average molecular weight is 453 g/mol. The molecule has 0 fully saturated rings. The number of carboxylic acids is 1. The lowest BCUT2D eigenvalue weighted by molar-refractivity contribution is -0.137. The highest BCUT2D eigenvalue weighted by molar-refractivity contribution is 7.89. The molecule has 30 heavy (non-hydrogen) atoms. The molecule has 2 aromatic rings. The molecule has 0 heterocycles. The zero-order valence-corrected chi connectivity index (χ0v) is 18.0. The van der Waals surface area contributed by atoms with E-state index in [4.69, 9.17) is 16.7 Å². The Kier molecular flexibility index (Phi) is 9.29. The summed E-state index contributed by atoms with van der Waals surface area (Å²) in [6.07, 6.45) is 1.93. The molecule has 0 aliphatic rings. The Morgan fingerprint density at radius 2 is 1.63 bits per heavy atom. The summed E-state index contributed by atoms with van der Waals surface area (Å²) in [5.74, 6) is -1.26. The van der Waals surface area contributed by atoms with Crippen LogP contribution in [0.5, 0.6) is 0 Å². The lowest BCUT2D eigenvalue weighted by Gasteiger charge is -2.22. The van der Waals surface area contributed by atoms with Gasteiger partial charge in [-0.3, -0.25) is 9.59 Å². The van der Waals surface area contributed by atoms with Crippen molar-refractivity contribution in [1.29, 1.82) is 0 Å². The van der Waals surface area contributed by atoms with Crippen molar-refractivity contribution in [3.05, 3.63) is 65.2 Å². The topological polar surface area (TPSA) is 104 Å². The van der Waals surface area contributed by atoms with E-state index in [1.54, 1.807) is 24.3 Å². The number of halogens is 1. The Labute approximate surface area is 181 Å². The molecule has 0 bridgehead atoms. The number of benzene rings is 2. The second-order valence-electron chi connectivity index (χ2n) is 6.77. The van der Waals surface area contributed by atoms with Gasteiger partial charge >= 0.3 is 5.97 Å². The number of amides is 1. The van der Waals surface area contributed by atoms with Gasteiger partial charge in [-0.1, -0.05) is 48.4 Å². The smallest absolute Gasteiger partial charge is 0.303 e. The number of hydrogen-bond acceptors (Lipinski definition) is 4. The third-order valence-corrected chi connectivity index (χ3v) is 6.42. The summed E-state index contributed by atoms with van der Waals surface area (Å²) in [5.41, 5.74) is 0.761. The molecule has 2 N–H and O–H groups in total. The van der Waals surface area contributed by atoms with Gasteiger partial charge < -0.3 is 10.4 Å². The standard InChI is InChI=1S/C21H25ClN2O5S/c22-18-10-12-19(13-11-18)30(28,29)24(15-17-7-3-1-4-8-17)16-20(25)23-14-6-2-5-9-21(26)27/h1,3-4,7-8,10-13H,2,5-6,9,14-16H2,(H,23,25)(H,26,27). The minimum Gasteiger partial charge on any atom is -0.481 e. The van der Waals surface area contributed by atoms with Crippen LogP contribution in [0.2, 0.25) is 5.02 Å². The Bertz CT molecular complexity index is 934. The highest BCUT2D eigenvalue weighted by Gasteiger charge is 2.26. The van der Waals surface area contributed by atoms with Crippen LogP contribution in [0.25, 0.3) is 0 Å². The molecule has 0 saturated carbocycles. The lowest BCUT2D eigenvalue weighted by Crippen LogP contribution is -2.40. The lowest BCUT2D eigenvalue weighted by atomic mass is 10.2. The zero-order chi connectivity index (χ0) is 22.0. The molecule has 0 radical (unpaired) electrons. The zero-order valence-electron chi connectivity index (χ0n) is 16.5. The van der Waals surface area contributed by atoms with Gasteiger partial charge in [0.2, 0.25) is 15.9 Å². The number of rotatable bonds is 12. The number of hydrogen-bond donors (Lipinski definition) is 2. The second-order valence-corrected chi connectivity index (χ2v) is 9.14. The van der Waals surface area contributed by atoms with Gasteiger partial charge in [-0.2, -0.15) is 4.31 Å². The summed E-state index contributed by atoms with van der Waals surface area (Å²) in [7, 11) is -3.91. The van der Waals surface area contributed by atoms with Gasteiger partial charge in [-0.25, -0.2) is 8.42 Å². The highest BCUT2D eigenvalue weighted by Crippen LogP contribution is 2.20. The minimum absolute atomic E-state index is 0.0534. The van der Waals surface area contributed by atoms with Crippen molar-refractivity contribution in [3.8, 4) is 0 Å². The fourth-order valence-electron chi connectivity index (χ4n) is 2.79. The van der Waals surface area contributed by atoms with E-state index in [0.29, 0.717) is 30.8 Å². The SMILES string of the molecule is O=C(O)CCCCCNC(=O)CN(Cc1ccccc1)S(=O)(=O)c1ccc(Cl)cc1. The van der Waals surface area contributed by atoms with Crippen LogP contribution < -0.4 is 5.32 Å². The Hall–Kier alpha value is -2.42. The van der Waals surface area contributed by atoms with Crippen LogP contribution in [0.4, 0.5) is 0 Å². The molecule has 9 heteroatoms. The summed E-state index contributed by atoms with van der Waals surface area (Å²) >= 11 is 5.86. The monoisotopic (exact) mass is 452 g/mol.